The Morgan fingerprint density at radius 3 is 3.12 bits per heavy atom. The predicted molar refractivity (Wildman–Crippen MR) is 72.5 cm³/mol. The van der Waals surface area contributed by atoms with E-state index >= 15 is 0 Å². The molecule has 0 radical (unpaired) electrons. The van der Waals surface area contributed by atoms with Gasteiger partial charge in [-0.25, -0.2) is 0 Å². The van der Waals surface area contributed by atoms with Crippen molar-refractivity contribution >= 4 is 5.69 Å². The Morgan fingerprint density at radius 2 is 2.24 bits per heavy atom. The van der Waals surface area contributed by atoms with Crippen molar-refractivity contribution in [2.75, 3.05) is 24.5 Å². The van der Waals surface area contributed by atoms with E-state index in [1.165, 1.54) is 50.1 Å². The first-order chi connectivity index (χ1) is 8.34. The average Bonchev–Trinajstić information content (AvgIpc) is 2.76. The van der Waals surface area contributed by atoms with Crippen molar-refractivity contribution in [3.05, 3.63) is 29.8 Å². The van der Waals surface area contributed by atoms with Gasteiger partial charge in [-0.1, -0.05) is 25.1 Å². The number of hydrogen-bond donors (Lipinski definition) is 1. The van der Waals surface area contributed by atoms with E-state index in [1.807, 2.05) is 0 Å². The molecule has 2 aliphatic heterocycles. The van der Waals surface area contributed by atoms with E-state index in [0.717, 1.165) is 5.92 Å². The molecule has 2 aliphatic rings. The maximum Gasteiger partial charge on any atom is 0.0400 e. The van der Waals surface area contributed by atoms with Crippen molar-refractivity contribution in [3.8, 4) is 0 Å². The van der Waals surface area contributed by atoms with E-state index in [0.29, 0.717) is 6.04 Å². The molecule has 0 amide bonds. The second-order valence-corrected chi connectivity index (χ2v) is 5.50. The zero-order valence-electron chi connectivity index (χ0n) is 10.7. The molecule has 1 N–H and O–H groups in total. The number of anilines is 1. The standard InChI is InChI=1S/C15H22N2/c1-12-5-4-9-16-14(12)11-17-10-8-13-6-2-3-7-15(13)17/h2-3,6-7,12,14,16H,4-5,8-11H2,1H3. The van der Waals surface area contributed by atoms with Crippen LogP contribution in [-0.2, 0) is 6.42 Å². The summed E-state index contributed by atoms with van der Waals surface area (Å²) in [5, 5.41) is 3.68. The van der Waals surface area contributed by atoms with Crippen molar-refractivity contribution in [1.29, 1.82) is 0 Å². The summed E-state index contributed by atoms with van der Waals surface area (Å²) >= 11 is 0. The lowest BCUT2D eigenvalue weighted by atomic mass is 9.92. The number of benzene rings is 1. The van der Waals surface area contributed by atoms with Crippen molar-refractivity contribution in [2.45, 2.75) is 32.2 Å². The summed E-state index contributed by atoms with van der Waals surface area (Å²) in [5.41, 5.74) is 2.99. The third kappa shape index (κ3) is 2.19. The van der Waals surface area contributed by atoms with E-state index in [9.17, 15) is 0 Å². The van der Waals surface area contributed by atoms with Gasteiger partial charge < -0.3 is 10.2 Å². The number of para-hydroxylation sites is 1. The van der Waals surface area contributed by atoms with E-state index in [-0.39, 0.29) is 0 Å². The molecule has 2 heterocycles. The van der Waals surface area contributed by atoms with Crippen molar-refractivity contribution in [1.82, 2.24) is 5.32 Å². The highest BCUT2D eigenvalue weighted by Gasteiger charge is 2.26. The molecule has 2 unspecified atom stereocenters. The molecule has 0 aromatic heterocycles. The van der Waals surface area contributed by atoms with Crippen molar-refractivity contribution in [3.63, 3.8) is 0 Å². The molecule has 1 aromatic carbocycles. The Morgan fingerprint density at radius 1 is 1.35 bits per heavy atom. The van der Waals surface area contributed by atoms with E-state index in [1.54, 1.807) is 0 Å². The smallest absolute Gasteiger partial charge is 0.0400 e. The molecular weight excluding hydrogens is 208 g/mol. The second-order valence-electron chi connectivity index (χ2n) is 5.50. The van der Waals surface area contributed by atoms with Gasteiger partial charge in [-0.05, 0) is 43.4 Å². The lowest BCUT2D eigenvalue weighted by Gasteiger charge is -2.34. The van der Waals surface area contributed by atoms with Crippen LogP contribution in [0.3, 0.4) is 0 Å². The Hall–Kier alpha value is -1.02. The van der Waals surface area contributed by atoms with Gasteiger partial charge in [0.2, 0.25) is 0 Å². The Labute approximate surface area is 104 Å². The van der Waals surface area contributed by atoms with Crippen LogP contribution in [0.2, 0.25) is 0 Å². The highest BCUT2D eigenvalue weighted by molar-refractivity contribution is 5.57. The third-order valence-corrected chi connectivity index (χ3v) is 4.33. The summed E-state index contributed by atoms with van der Waals surface area (Å²) in [6.07, 6.45) is 3.94. The van der Waals surface area contributed by atoms with Gasteiger partial charge in [-0.3, -0.25) is 0 Å². The number of piperidine rings is 1. The molecule has 0 saturated carbocycles. The first kappa shape index (κ1) is 11.1. The topological polar surface area (TPSA) is 15.3 Å². The molecule has 1 saturated heterocycles. The van der Waals surface area contributed by atoms with Crippen LogP contribution < -0.4 is 10.2 Å². The summed E-state index contributed by atoms with van der Waals surface area (Å²) in [7, 11) is 0. The van der Waals surface area contributed by atoms with Crippen molar-refractivity contribution in [2.24, 2.45) is 5.92 Å². The van der Waals surface area contributed by atoms with Crippen LogP contribution >= 0.6 is 0 Å². The number of nitrogens with one attached hydrogen (secondary N) is 1. The van der Waals surface area contributed by atoms with Gasteiger partial charge in [0.05, 0.1) is 0 Å². The van der Waals surface area contributed by atoms with Gasteiger partial charge in [0.25, 0.3) is 0 Å². The number of fused-ring (bicyclic) bond motifs is 1. The normalized spacial score (nSPS) is 28.2. The molecule has 2 atom stereocenters. The molecule has 0 bridgehead atoms. The van der Waals surface area contributed by atoms with Gasteiger partial charge in [0, 0.05) is 24.8 Å². The fourth-order valence-electron chi connectivity index (χ4n) is 3.19. The van der Waals surface area contributed by atoms with Gasteiger partial charge in [-0.2, -0.15) is 0 Å². The van der Waals surface area contributed by atoms with E-state index in [2.05, 4.69) is 41.4 Å². The SMILES string of the molecule is CC1CCCNC1CN1CCc2ccccc21. The number of hydrogen-bond acceptors (Lipinski definition) is 2. The van der Waals surface area contributed by atoms with Gasteiger partial charge >= 0.3 is 0 Å². The minimum absolute atomic E-state index is 0.676. The molecule has 1 fully saturated rings. The van der Waals surface area contributed by atoms with Crippen LogP contribution in [0.15, 0.2) is 24.3 Å². The lowest BCUT2D eigenvalue weighted by Crippen LogP contribution is -2.47. The highest BCUT2D eigenvalue weighted by atomic mass is 15.2. The van der Waals surface area contributed by atoms with Gasteiger partial charge in [0.15, 0.2) is 0 Å². The summed E-state index contributed by atoms with van der Waals surface area (Å²) in [4.78, 5) is 2.56. The van der Waals surface area contributed by atoms with Crippen LogP contribution in [0.1, 0.15) is 25.3 Å². The van der Waals surface area contributed by atoms with E-state index < -0.39 is 0 Å². The minimum Gasteiger partial charge on any atom is -0.369 e. The first-order valence-corrected chi connectivity index (χ1v) is 6.91. The van der Waals surface area contributed by atoms with Crippen LogP contribution in [0, 0.1) is 5.92 Å². The highest BCUT2D eigenvalue weighted by Crippen LogP contribution is 2.28. The molecule has 17 heavy (non-hydrogen) atoms. The Balaban J connectivity index is 1.70. The fourth-order valence-corrected chi connectivity index (χ4v) is 3.19. The molecule has 2 nitrogen and oxygen atoms in total. The Bertz CT molecular complexity index is 388. The quantitative estimate of drug-likeness (QED) is 0.839. The molecular formula is C15H22N2. The monoisotopic (exact) mass is 230 g/mol. The lowest BCUT2D eigenvalue weighted by molar-refractivity contribution is 0.302. The predicted octanol–water partition coefficient (Wildman–Crippen LogP) is 2.44. The van der Waals surface area contributed by atoms with Crippen LogP contribution in [0.4, 0.5) is 5.69 Å². The maximum absolute atomic E-state index is 3.68. The molecule has 1 aromatic rings. The molecule has 2 heteroatoms. The van der Waals surface area contributed by atoms with Crippen LogP contribution in [0.25, 0.3) is 0 Å². The van der Waals surface area contributed by atoms with Gasteiger partial charge in [-0.15, -0.1) is 0 Å². The first-order valence-electron chi connectivity index (χ1n) is 6.91. The zero-order valence-corrected chi connectivity index (χ0v) is 10.7. The summed E-state index contributed by atoms with van der Waals surface area (Å²) in [6.45, 7) is 5.96. The fraction of sp³-hybridized carbons (Fsp3) is 0.600. The largest absolute Gasteiger partial charge is 0.369 e. The number of rotatable bonds is 2. The third-order valence-electron chi connectivity index (χ3n) is 4.33. The molecule has 0 aliphatic carbocycles. The Kier molecular flexibility index (Phi) is 3.06. The molecule has 3 rings (SSSR count). The number of nitrogens with zero attached hydrogens (tertiary/aromatic N) is 1. The summed E-state index contributed by atoms with van der Waals surface area (Å²) in [6, 6.07) is 9.54. The molecule has 92 valence electrons. The van der Waals surface area contributed by atoms with Crippen LogP contribution in [0.5, 0.6) is 0 Å². The van der Waals surface area contributed by atoms with Gasteiger partial charge in [0.1, 0.15) is 0 Å². The zero-order chi connectivity index (χ0) is 11.7. The minimum atomic E-state index is 0.676. The summed E-state index contributed by atoms with van der Waals surface area (Å²) in [5.74, 6) is 0.816. The van der Waals surface area contributed by atoms with Crippen LogP contribution in [-0.4, -0.2) is 25.7 Å². The summed E-state index contributed by atoms with van der Waals surface area (Å²) < 4.78 is 0. The maximum atomic E-state index is 3.68. The molecule has 0 spiro atoms. The second kappa shape index (κ2) is 4.69. The van der Waals surface area contributed by atoms with E-state index in [4.69, 9.17) is 0 Å². The average molecular weight is 230 g/mol. The van der Waals surface area contributed by atoms with Crippen molar-refractivity contribution < 1.29 is 0 Å².